The molecule has 1 N–H and O–H groups in total. The van der Waals surface area contributed by atoms with Gasteiger partial charge in [-0.15, -0.1) is 12.4 Å². The van der Waals surface area contributed by atoms with Gasteiger partial charge < -0.3 is 5.32 Å². The maximum atomic E-state index is 12.4. The summed E-state index contributed by atoms with van der Waals surface area (Å²) >= 11 is 0. The highest BCUT2D eigenvalue weighted by molar-refractivity contribution is 7.89. The SMILES string of the molecule is C[C@H]1CN(S(=O)(=O)C2CCCCC2)CCN1.Cl. The van der Waals surface area contributed by atoms with Crippen molar-refractivity contribution < 1.29 is 8.42 Å². The molecule has 0 radical (unpaired) electrons. The normalized spacial score (nSPS) is 28.6. The summed E-state index contributed by atoms with van der Waals surface area (Å²) in [6, 6.07) is 0.284. The molecule has 1 saturated carbocycles. The number of hydrogen-bond donors (Lipinski definition) is 1. The molecular formula is C11H23ClN2O2S. The first-order valence-corrected chi connectivity index (χ1v) is 7.83. The van der Waals surface area contributed by atoms with E-state index in [-0.39, 0.29) is 23.7 Å². The summed E-state index contributed by atoms with van der Waals surface area (Å²) < 4.78 is 26.5. The zero-order valence-electron chi connectivity index (χ0n) is 10.4. The minimum Gasteiger partial charge on any atom is -0.312 e. The van der Waals surface area contributed by atoms with Crippen LogP contribution in [-0.4, -0.2) is 43.6 Å². The van der Waals surface area contributed by atoms with Crippen LogP contribution in [0, 0.1) is 0 Å². The van der Waals surface area contributed by atoms with Crippen LogP contribution in [0.5, 0.6) is 0 Å². The Bertz CT molecular complexity index is 328. The van der Waals surface area contributed by atoms with Crippen LogP contribution in [0.25, 0.3) is 0 Å². The van der Waals surface area contributed by atoms with Gasteiger partial charge in [-0.2, -0.15) is 4.31 Å². The van der Waals surface area contributed by atoms with Gasteiger partial charge in [0.05, 0.1) is 5.25 Å². The molecule has 4 nitrogen and oxygen atoms in total. The maximum absolute atomic E-state index is 12.4. The molecule has 1 aliphatic heterocycles. The molecule has 0 aromatic heterocycles. The Labute approximate surface area is 111 Å². The molecule has 0 bridgehead atoms. The molecule has 0 spiro atoms. The summed E-state index contributed by atoms with van der Waals surface area (Å²) in [4.78, 5) is 0. The van der Waals surface area contributed by atoms with E-state index in [1.54, 1.807) is 4.31 Å². The zero-order valence-corrected chi connectivity index (χ0v) is 12.0. The van der Waals surface area contributed by atoms with Gasteiger partial charge in [0.2, 0.25) is 10.0 Å². The number of hydrogen-bond acceptors (Lipinski definition) is 3. The van der Waals surface area contributed by atoms with Crippen LogP contribution in [-0.2, 0) is 10.0 Å². The predicted octanol–water partition coefficient (Wildman–Crippen LogP) is 1.36. The molecular weight excluding hydrogens is 260 g/mol. The highest BCUT2D eigenvalue weighted by atomic mass is 35.5. The van der Waals surface area contributed by atoms with Crippen LogP contribution >= 0.6 is 12.4 Å². The Morgan fingerprint density at radius 2 is 1.82 bits per heavy atom. The average Bonchev–Trinajstić information content (AvgIpc) is 2.30. The van der Waals surface area contributed by atoms with E-state index in [4.69, 9.17) is 0 Å². The summed E-state index contributed by atoms with van der Waals surface area (Å²) in [5.41, 5.74) is 0. The van der Waals surface area contributed by atoms with Crippen molar-refractivity contribution in [2.24, 2.45) is 0 Å². The molecule has 2 fully saturated rings. The number of rotatable bonds is 2. The van der Waals surface area contributed by atoms with Crippen molar-refractivity contribution in [3.8, 4) is 0 Å². The fourth-order valence-electron chi connectivity index (χ4n) is 2.70. The topological polar surface area (TPSA) is 49.4 Å². The van der Waals surface area contributed by atoms with Crippen molar-refractivity contribution in [2.75, 3.05) is 19.6 Å². The highest BCUT2D eigenvalue weighted by Gasteiger charge is 2.34. The van der Waals surface area contributed by atoms with Crippen LogP contribution in [0.1, 0.15) is 39.0 Å². The quantitative estimate of drug-likeness (QED) is 0.832. The van der Waals surface area contributed by atoms with Gasteiger partial charge in [0.25, 0.3) is 0 Å². The van der Waals surface area contributed by atoms with Gasteiger partial charge in [-0.05, 0) is 19.8 Å². The van der Waals surface area contributed by atoms with Crippen molar-refractivity contribution in [1.29, 1.82) is 0 Å². The molecule has 6 heteroatoms. The number of nitrogens with one attached hydrogen (secondary N) is 1. The van der Waals surface area contributed by atoms with Crippen LogP contribution < -0.4 is 5.32 Å². The molecule has 1 heterocycles. The molecule has 2 rings (SSSR count). The standard InChI is InChI=1S/C11H22N2O2S.ClH/c1-10-9-13(8-7-12-10)16(14,15)11-5-3-2-4-6-11;/h10-12H,2-9H2,1H3;1H/t10-;/m0./s1. The van der Waals surface area contributed by atoms with Crippen molar-refractivity contribution >= 4 is 22.4 Å². The van der Waals surface area contributed by atoms with Gasteiger partial charge in [-0.1, -0.05) is 19.3 Å². The van der Waals surface area contributed by atoms with E-state index in [2.05, 4.69) is 5.32 Å². The third-order valence-electron chi connectivity index (χ3n) is 3.66. The maximum Gasteiger partial charge on any atom is 0.217 e. The van der Waals surface area contributed by atoms with Crippen molar-refractivity contribution in [2.45, 2.75) is 50.3 Å². The predicted molar refractivity (Wildman–Crippen MR) is 72.1 cm³/mol. The molecule has 0 aromatic rings. The Hall–Kier alpha value is 0.160. The van der Waals surface area contributed by atoms with E-state index < -0.39 is 10.0 Å². The van der Waals surface area contributed by atoms with Gasteiger partial charge in [-0.25, -0.2) is 8.42 Å². The minimum absolute atomic E-state index is 0. The monoisotopic (exact) mass is 282 g/mol. The molecule has 1 saturated heterocycles. The molecule has 102 valence electrons. The average molecular weight is 283 g/mol. The van der Waals surface area contributed by atoms with E-state index in [0.717, 1.165) is 32.2 Å². The molecule has 0 aromatic carbocycles. The lowest BCUT2D eigenvalue weighted by Crippen LogP contribution is -2.53. The first-order valence-electron chi connectivity index (χ1n) is 6.33. The Balaban J connectivity index is 0.00000144. The van der Waals surface area contributed by atoms with Crippen LogP contribution in [0.4, 0.5) is 0 Å². The number of sulfonamides is 1. The second kappa shape index (κ2) is 6.36. The van der Waals surface area contributed by atoms with Crippen LogP contribution in [0.2, 0.25) is 0 Å². The van der Waals surface area contributed by atoms with E-state index in [1.165, 1.54) is 6.42 Å². The summed E-state index contributed by atoms with van der Waals surface area (Å²) in [5, 5.41) is 3.18. The molecule has 0 amide bonds. The van der Waals surface area contributed by atoms with E-state index in [1.807, 2.05) is 6.92 Å². The van der Waals surface area contributed by atoms with E-state index in [9.17, 15) is 8.42 Å². The van der Waals surface area contributed by atoms with E-state index in [0.29, 0.717) is 13.1 Å². The lowest BCUT2D eigenvalue weighted by molar-refractivity contribution is 0.302. The van der Waals surface area contributed by atoms with Gasteiger partial charge in [0.15, 0.2) is 0 Å². The summed E-state index contributed by atoms with van der Waals surface area (Å²) in [6.45, 7) is 4.11. The first-order chi connectivity index (χ1) is 7.60. The Morgan fingerprint density at radius 3 is 2.41 bits per heavy atom. The molecule has 1 atom stereocenters. The molecule has 17 heavy (non-hydrogen) atoms. The van der Waals surface area contributed by atoms with Crippen LogP contribution in [0.15, 0.2) is 0 Å². The zero-order chi connectivity index (χ0) is 11.6. The smallest absolute Gasteiger partial charge is 0.217 e. The lowest BCUT2D eigenvalue weighted by atomic mass is 10.0. The summed E-state index contributed by atoms with van der Waals surface area (Å²) in [6.07, 6.45) is 5.07. The summed E-state index contributed by atoms with van der Waals surface area (Å²) in [5.74, 6) is 0. The molecule has 1 aliphatic carbocycles. The molecule has 2 aliphatic rings. The van der Waals surface area contributed by atoms with Gasteiger partial charge >= 0.3 is 0 Å². The largest absolute Gasteiger partial charge is 0.312 e. The number of nitrogens with zero attached hydrogens (tertiary/aromatic N) is 1. The second-order valence-corrected chi connectivity index (χ2v) is 7.23. The fourth-order valence-corrected chi connectivity index (χ4v) is 4.83. The minimum atomic E-state index is -3.02. The van der Waals surface area contributed by atoms with Gasteiger partial charge in [0.1, 0.15) is 0 Å². The van der Waals surface area contributed by atoms with E-state index >= 15 is 0 Å². The Morgan fingerprint density at radius 1 is 1.18 bits per heavy atom. The number of piperazine rings is 1. The van der Waals surface area contributed by atoms with Crippen molar-refractivity contribution in [3.63, 3.8) is 0 Å². The fraction of sp³-hybridized carbons (Fsp3) is 1.00. The Kier molecular flexibility index (Phi) is 5.70. The third-order valence-corrected chi connectivity index (χ3v) is 6.03. The van der Waals surface area contributed by atoms with Gasteiger partial charge in [-0.3, -0.25) is 0 Å². The first kappa shape index (κ1) is 15.2. The van der Waals surface area contributed by atoms with Crippen molar-refractivity contribution in [3.05, 3.63) is 0 Å². The van der Waals surface area contributed by atoms with Gasteiger partial charge in [0, 0.05) is 25.7 Å². The van der Waals surface area contributed by atoms with Crippen molar-refractivity contribution in [1.82, 2.24) is 9.62 Å². The lowest BCUT2D eigenvalue weighted by Gasteiger charge is -2.34. The second-order valence-electron chi connectivity index (χ2n) is 5.02. The van der Waals surface area contributed by atoms with Crippen LogP contribution in [0.3, 0.4) is 0 Å². The third kappa shape index (κ3) is 3.56. The number of halogens is 1. The molecule has 0 unspecified atom stereocenters. The highest BCUT2D eigenvalue weighted by Crippen LogP contribution is 2.26. The summed E-state index contributed by atoms with van der Waals surface area (Å²) in [7, 11) is -3.02.